The van der Waals surface area contributed by atoms with E-state index in [1.54, 1.807) is 0 Å². The minimum Gasteiger partial charge on any atom is -0.415 e. The molecule has 0 radical (unpaired) electrons. The van der Waals surface area contributed by atoms with Crippen LogP contribution >= 0.6 is 12.2 Å². The van der Waals surface area contributed by atoms with Crippen LogP contribution in [0.25, 0.3) is 0 Å². The molecule has 0 aromatic carbocycles. The van der Waals surface area contributed by atoms with E-state index in [0.29, 0.717) is 0 Å². The van der Waals surface area contributed by atoms with E-state index >= 15 is 0 Å². The van der Waals surface area contributed by atoms with Crippen LogP contribution in [0.5, 0.6) is 0 Å². The molecule has 0 heterocycles. The van der Waals surface area contributed by atoms with Gasteiger partial charge >= 0.3 is 36.0 Å². The second-order valence-corrected chi connectivity index (χ2v) is 3.25. The van der Waals surface area contributed by atoms with Gasteiger partial charge in [0, 0.05) is 0 Å². The number of allylic oxidation sites excluding steroid dienone is 1. The van der Waals surface area contributed by atoms with Gasteiger partial charge in [-0.2, -0.15) is 0 Å². The minimum absolute atomic E-state index is 0.0833. The molecule has 0 aliphatic rings. The predicted molar refractivity (Wildman–Crippen MR) is 39.2 cm³/mol. The van der Waals surface area contributed by atoms with Crippen LogP contribution in [-0.2, 0) is 30.9 Å². The number of hydrogen-bond acceptors (Lipinski definition) is 2. The first-order chi connectivity index (χ1) is 3.65. The third-order valence-corrected chi connectivity index (χ3v) is 1.06. The summed E-state index contributed by atoms with van der Waals surface area (Å²) in [5.41, 5.74) is 4.66. The van der Waals surface area contributed by atoms with Gasteiger partial charge < -0.3 is 30.6 Å². The second kappa shape index (κ2) is 10.5. The van der Waals surface area contributed by atoms with E-state index < -0.39 is 0 Å². The average Bonchev–Trinajstić information content (AvgIpc) is 1.65. The zero-order chi connectivity index (χ0) is 6.99. The quantitative estimate of drug-likeness (QED) is 0.294. The number of hydrogen-bond donors (Lipinski definition) is 1. The molecule has 0 saturated heterocycles. The molecule has 1 nitrogen and oxygen atoms in total. The van der Waals surface area contributed by atoms with Crippen molar-refractivity contribution in [2.24, 2.45) is 5.73 Å². The SMILES string of the molecule is C=C[CH2][Zn+].NC(=S)[S-]. The summed E-state index contributed by atoms with van der Waals surface area (Å²) in [5.74, 6) is 0. The monoisotopic (exact) mass is 197 g/mol. The summed E-state index contributed by atoms with van der Waals surface area (Å²) in [7, 11) is 0. The van der Waals surface area contributed by atoms with Crippen molar-refractivity contribution >= 4 is 29.2 Å². The zero-order valence-corrected chi connectivity index (χ0v) is 9.19. The van der Waals surface area contributed by atoms with Gasteiger partial charge in [-0.05, 0) is 0 Å². The summed E-state index contributed by atoms with van der Waals surface area (Å²) >= 11 is 9.61. The van der Waals surface area contributed by atoms with Crippen molar-refractivity contribution < 1.29 is 18.3 Å². The molecule has 0 fully saturated rings. The summed E-state index contributed by atoms with van der Waals surface area (Å²) < 4.78 is 0.0833. The van der Waals surface area contributed by atoms with Crippen molar-refractivity contribution in [2.45, 2.75) is 5.02 Å². The van der Waals surface area contributed by atoms with E-state index in [2.05, 4.69) is 37.2 Å². The molecule has 0 spiro atoms. The summed E-state index contributed by atoms with van der Waals surface area (Å²) in [4.78, 5) is 0. The van der Waals surface area contributed by atoms with E-state index in [0.717, 1.165) is 0 Å². The molecule has 8 heavy (non-hydrogen) atoms. The maximum absolute atomic E-state index is 4.66. The third-order valence-electron chi connectivity index (χ3n) is 0.204. The summed E-state index contributed by atoms with van der Waals surface area (Å²) in [6, 6.07) is 0. The van der Waals surface area contributed by atoms with Crippen LogP contribution in [0.1, 0.15) is 0 Å². The van der Waals surface area contributed by atoms with Gasteiger partial charge in [0.05, 0.1) is 0 Å². The molecule has 4 heteroatoms. The molecule has 42 valence electrons. The molecule has 0 atom stereocenters. The third kappa shape index (κ3) is 89.3. The van der Waals surface area contributed by atoms with Gasteiger partial charge in [0.25, 0.3) is 0 Å². The number of thiocarbonyl (C=S) groups is 1. The summed E-state index contributed by atoms with van der Waals surface area (Å²) in [6.07, 6.45) is 1.93. The minimum atomic E-state index is 0.0833. The first-order valence-corrected chi connectivity index (χ1v) is 4.93. The maximum Gasteiger partial charge on any atom is -0.0708 e. The van der Waals surface area contributed by atoms with E-state index in [1.165, 1.54) is 23.3 Å². The second-order valence-electron chi connectivity index (χ2n) is 0.896. The molecular formula is C4H7NS2Zn. The van der Waals surface area contributed by atoms with Gasteiger partial charge in [-0.15, -0.1) is 0 Å². The van der Waals surface area contributed by atoms with Gasteiger partial charge in [-0.25, -0.2) is 0 Å². The van der Waals surface area contributed by atoms with Gasteiger partial charge in [-0.3, -0.25) is 0 Å². The molecule has 0 aliphatic carbocycles. The number of nitrogens with two attached hydrogens (primary N) is 1. The van der Waals surface area contributed by atoms with E-state index in [-0.39, 0.29) is 4.32 Å². The fraction of sp³-hybridized carbons (Fsp3) is 0.250. The van der Waals surface area contributed by atoms with E-state index in [1.807, 2.05) is 6.08 Å². The molecule has 0 saturated carbocycles. The van der Waals surface area contributed by atoms with Gasteiger partial charge in [0.15, 0.2) is 0 Å². The van der Waals surface area contributed by atoms with Gasteiger partial charge in [0.2, 0.25) is 0 Å². The Balaban J connectivity index is 0. The van der Waals surface area contributed by atoms with Gasteiger partial charge in [-0.1, -0.05) is 4.32 Å². The molecule has 0 bridgehead atoms. The van der Waals surface area contributed by atoms with Crippen LogP contribution in [0.4, 0.5) is 0 Å². The fourth-order valence-electron chi connectivity index (χ4n) is 0. The van der Waals surface area contributed by atoms with Crippen LogP contribution < -0.4 is 5.73 Å². The normalized spacial score (nSPS) is 6.25. The Morgan fingerprint density at radius 2 is 2.12 bits per heavy atom. The average molecular weight is 199 g/mol. The Kier molecular flexibility index (Phi) is 14.8. The molecule has 0 rings (SSSR count). The van der Waals surface area contributed by atoms with Crippen molar-refractivity contribution in [1.82, 2.24) is 0 Å². The Morgan fingerprint density at radius 3 is 2.12 bits per heavy atom. The zero-order valence-electron chi connectivity index (χ0n) is 4.59. The first-order valence-electron chi connectivity index (χ1n) is 2.01. The molecule has 2 N–H and O–H groups in total. The van der Waals surface area contributed by atoms with Crippen molar-refractivity contribution in [1.29, 1.82) is 0 Å². The van der Waals surface area contributed by atoms with Crippen molar-refractivity contribution in [3.63, 3.8) is 0 Å². The Morgan fingerprint density at radius 1 is 2.00 bits per heavy atom. The Labute approximate surface area is 70.8 Å². The molecule has 0 amide bonds. The number of rotatable bonds is 1. The predicted octanol–water partition coefficient (Wildman–Crippen LogP) is 0.914. The van der Waals surface area contributed by atoms with Crippen LogP contribution in [-0.4, -0.2) is 4.32 Å². The molecule has 0 aliphatic heterocycles. The maximum atomic E-state index is 4.66. The topological polar surface area (TPSA) is 26.0 Å². The van der Waals surface area contributed by atoms with Crippen molar-refractivity contribution in [3.8, 4) is 0 Å². The standard InChI is InChI=1S/C3H5.CH3NS2.Zn/c1-3-2;2-1(3)4;/h3H,1-2H2;(H3,2,3,4);/q;;+1/p-1. The summed E-state index contributed by atoms with van der Waals surface area (Å²) in [6.45, 7) is 3.51. The fourth-order valence-corrected chi connectivity index (χ4v) is 0. The van der Waals surface area contributed by atoms with Crippen molar-refractivity contribution in [2.75, 3.05) is 0 Å². The van der Waals surface area contributed by atoms with E-state index in [4.69, 9.17) is 0 Å². The van der Waals surface area contributed by atoms with Gasteiger partial charge in [0.1, 0.15) is 0 Å². The molecular weight excluding hydrogens is 192 g/mol. The Hall–Kier alpha value is 0.473. The molecule has 0 unspecified atom stereocenters. The Bertz CT molecular complexity index is 70.4. The van der Waals surface area contributed by atoms with Crippen LogP contribution in [0.3, 0.4) is 0 Å². The van der Waals surface area contributed by atoms with Crippen LogP contribution in [0, 0.1) is 0 Å². The molecule has 0 aromatic rings. The van der Waals surface area contributed by atoms with Crippen LogP contribution in [0.2, 0.25) is 5.02 Å². The molecule has 0 aromatic heterocycles. The smallest absolute Gasteiger partial charge is 0.0708 e. The first kappa shape index (κ1) is 11.3. The summed E-state index contributed by atoms with van der Waals surface area (Å²) in [5, 5.41) is 1.21. The largest absolute Gasteiger partial charge is 0.415 e. The van der Waals surface area contributed by atoms with Crippen molar-refractivity contribution in [3.05, 3.63) is 12.7 Å². The van der Waals surface area contributed by atoms with E-state index in [9.17, 15) is 0 Å². The van der Waals surface area contributed by atoms with Crippen LogP contribution in [0.15, 0.2) is 12.7 Å².